The first kappa shape index (κ1) is 23.6. The summed E-state index contributed by atoms with van der Waals surface area (Å²) in [7, 11) is 1.33. The number of benzene rings is 3. The van der Waals surface area contributed by atoms with Crippen molar-refractivity contribution in [2.45, 2.75) is 36.2 Å². The molecule has 2 aliphatic carbocycles. The Morgan fingerprint density at radius 3 is 2.32 bits per heavy atom. The second kappa shape index (κ2) is 9.28. The molecule has 1 fully saturated rings. The molecule has 1 heterocycles. The summed E-state index contributed by atoms with van der Waals surface area (Å²) < 4.78 is 10.9. The number of esters is 1. The molecule has 3 aliphatic rings. The Balaban J connectivity index is 1.20. The SMILES string of the molecule is COC(=O)C1c2ccc(SCC3(C#N)CC3)cc2CN1C(=O)OCC1c2ccccc2-c2ccccc21. The van der Waals surface area contributed by atoms with Crippen molar-refractivity contribution in [1.82, 2.24) is 4.90 Å². The summed E-state index contributed by atoms with van der Waals surface area (Å²) in [6, 6.07) is 23.8. The number of amides is 1. The fourth-order valence-corrected chi connectivity index (χ4v) is 6.58. The van der Waals surface area contributed by atoms with Crippen molar-refractivity contribution in [3.8, 4) is 17.2 Å². The van der Waals surface area contributed by atoms with Gasteiger partial charge in [0.2, 0.25) is 0 Å². The smallest absolute Gasteiger partial charge is 0.411 e. The zero-order valence-electron chi connectivity index (χ0n) is 20.5. The molecule has 0 bridgehead atoms. The van der Waals surface area contributed by atoms with Crippen LogP contribution in [0.15, 0.2) is 71.6 Å². The third-order valence-electron chi connectivity index (χ3n) is 7.66. The van der Waals surface area contributed by atoms with E-state index in [-0.39, 0.29) is 24.5 Å². The Bertz CT molecular complexity index is 1400. The van der Waals surface area contributed by atoms with Crippen molar-refractivity contribution in [3.05, 3.63) is 89.0 Å². The molecule has 186 valence electrons. The average molecular weight is 511 g/mol. The first-order valence-electron chi connectivity index (χ1n) is 12.4. The molecular formula is C30H26N2O4S. The fraction of sp³-hybridized carbons (Fsp3) is 0.300. The minimum atomic E-state index is -0.844. The van der Waals surface area contributed by atoms with Crippen LogP contribution in [0.4, 0.5) is 4.79 Å². The van der Waals surface area contributed by atoms with Crippen molar-refractivity contribution < 1.29 is 19.1 Å². The summed E-state index contributed by atoms with van der Waals surface area (Å²) in [5.74, 6) is 0.198. The highest BCUT2D eigenvalue weighted by atomic mass is 32.2. The van der Waals surface area contributed by atoms with E-state index in [0.29, 0.717) is 0 Å². The first-order valence-corrected chi connectivity index (χ1v) is 13.4. The van der Waals surface area contributed by atoms with E-state index >= 15 is 0 Å². The van der Waals surface area contributed by atoms with E-state index in [9.17, 15) is 14.9 Å². The molecule has 1 atom stereocenters. The highest BCUT2D eigenvalue weighted by Crippen LogP contribution is 2.49. The number of fused-ring (bicyclic) bond motifs is 4. The lowest BCUT2D eigenvalue weighted by Gasteiger charge is -2.24. The predicted octanol–water partition coefficient (Wildman–Crippen LogP) is 6.06. The van der Waals surface area contributed by atoms with Crippen LogP contribution in [-0.2, 0) is 20.8 Å². The van der Waals surface area contributed by atoms with Crippen LogP contribution < -0.4 is 0 Å². The highest BCUT2D eigenvalue weighted by molar-refractivity contribution is 7.99. The number of thioether (sulfide) groups is 1. The van der Waals surface area contributed by atoms with E-state index in [4.69, 9.17) is 9.47 Å². The molecule has 6 nitrogen and oxygen atoms in total. The van der Waals surface area contributed by atoms with Gasteiger partial charge in [-0.3, -0.25) is 4.90 Å². The van der Waals surface area contributed by atoms with Crippen molar-refractivity contribution in [2.75, 3.05) is 19.5 Å². The minimum Gasteiger partial charge on any atom is -0.467 e. The summed E-state index contributed by atoms with van der Waals surface area (Å²) in [6.45, 7) is 0.453. The minimum absolute atomic E-state index is 0.0595. The van der Waals surface area contributed by atoms with Crippen LogP contribution >= 0.6 is 11.8 Å². The second-order valence-corrected chi connectivity index (χ2v) is 10.9. The van der Waals surface area contributed by atoms with Crippen molar-refractivity contribution in [3.63, 3.8) is 0 Å². The summed E-state index contributed by atoms with van der Waals surface area (Å²) in [5.41, 5.74) is 6.05. The molecule has 0 N–H and O–H groups in total. The number of nitriles is 1. The Labute approximate surface area is 220 Å². The lowest BCUT2D eigenvalue weighted by atomic mass is 9.98. The normalized spacial score (nSPS) is 18.4. The maximum Gasteiger partial charge on any atom is 0.411 e. The topological polar surface area (TPSA) is 79.6 Å². The van der Waals surface area contributed by atoms with Gasteiger partial charge < -0.3 is 9.47 Å². The number of ether oxygens (including phenoxy) is 2. The molecule has 37 heavy (non-hydrogen) atoms. The van der Waals surface area contributed by atoms with Crippen molar-refractivity contribution >= 4 is 23.8 Å². The van der Waals surface area contributed by atoms with Gasteiger partial charge in [-0.2, -0.15) is 5.26 Å². The van der Waals surface area contributed by atoms with Crippen LogP contribution in [0.3, 0.4) is 0 Å². The number of methoxy groups -OCH3 is 1. The second-order valence-electron chi connectivity index (χ2n) is 9.90. The van der Waals surface area contributed by atoms with Gasteiger partial charge in [-0.15, -0.1) is 11.8 Å². The molecule has 1 unspecified atom stereocenters. The number of carbonyl (C=O) groups is 2. The van der Waals surface area contributed by atoms with E-state index in [0.717, 1.165) is 56.9 Å². The molecule has 0 radical (unpaired) electrons. The van der Waals surface area contributed by atoms with Gasteiger partial charge in [-0.1, -0.05) is 54.6 Å². The molecule has 0 spiro atoms. The largest absolute Gasteiger partial charge is 0.467 e. The number of nitrogens with zero attached hydrogens (tertiary/aromatic N) is 2. The fourth-order valence-electron chi connectivity index (χ4n) is 5.39. The van der Waals surface area contributed by atoms with Crippen LogP contribution in [-0.4, -0.2) is 36.4 Å². The summed E-state index contributed by atoms with van der Waals surface area (Å²) in [4.78, 5) is 28.6. The summed E-state index contributed by atoms with van der Waals surface area (Å²) in [6.07, 6.45) is 1.35. The number of hydrogen-bond acceptors (Lipinski definition) is 6. The third-order valence-corrected chi connectivity index (χ3v) is 8.95. The third kappa shape index (κ3) is 4.15. The van der Waals surface area contributed by atoms with Gasteiger partial charge in [-0.05, 0) is 58.4 Å². The molecule has 7 heteroatoms. The maximum atomic E-state index is 13.4. The Morgan fingerprint density at radius 2 is 1.70 bits per heavy atom. The van der Waals surface area contributed by atoms with E-state index < -0.39 is 18.1 Å². The van der Waals surface area contributed by atoms with E-state index in [1.54, 1.807) is 11.8 Å². The summed E-state index contributed by atoms with van der Waals surface area (Å²) >= 11 is 1.65. The van der Waals surface area contributed by atoms with Gasteiger partial charge >= 0.3 is 12.1 Å². The van der Waals surface area contributed by atoms with Crippen molar-refractivity contribution in [1.29, 1.82) is 5.26 Å². The predicted molar refractivity (Wildman–Crippen MR) is 140 cm³/mol. The van der Waals surface area contributed by atoms with Crippen LogP contribution in [0, 0.1) is 16.7 Å². The van der Waals surface area contributed by atoms with E-state index in [1.165, 1.54) is 12.0 Å². The maximum absolute atomic E-state index is 13.4. The van der Waals surface area contributed by atoms with Crippen LogP contribution in [0.2, 0.25) is 0 Å². The zero-order chi connectivity index (χ0) is 25.6. The molecular weight excluding hydrogens is 484 g/mol. The monoisotopic (exact) mass is 510 g/mol. The molecule has 3 aromatic carbocycles. The quantitative estimate of drug-likeness (QED) is 0.296. The van der Waals surface area contributed by atoms with Gasteiger partial charge in [0, 0.05) is 16.6 Å². The van der Waals surface area contributed by atoms with Crippen LogP contribution in [0.5, 0.6) is 0 Å². The van der Waals surface area contributed by atoms with Gasteiger partial charge in [0.25, 0.3) is 0 Å². The average Bonchev–Trinajstić information content (AvgIpc) is 3.52. The number of carbonyl (C=O) groups excluding carboxylic acids is 2. The first-order chi connectivity index (χ1) is 18.0. The molecule has 1 aliphatic heterocycles. The lowest BCUT2D eigenvalue weighted by molar-refractivity contribution is -0.146. The molecule has 3 aromatic rings. The molecule has 1 saturated carbocycles. The van der Waals surface area contributed by atoms with Crippen LogP contribution in [0.25, 0.3) is 11.1 Å². The Kier molecular flexibility index (Phi) is 5.92. The number of hydrogen-bond donors (Lipinski definition) is 0. The van der Waals surface area contributed by atoms with Gasteiger partial charge in [0.15, 0.2) is 6.04 Å². The van der Waals surface area contributed by atoms with E-state index in [2.05, 4.69) is 30.3 Å². The Hall–Kier alpha value is -3.76. The van der Waals surface area contributed by atoms with Gasteiger partial charge in [0.05, 0.1) is 25.1 Å². The lowest BCUT2D eigenvalue weighted by Crippen LogP contribution is -2.35. The van der Waals surface area contributed by atoms with Crippen molar-refractivity contribution in [2.24, 2.45) is 5.41 Å². The zero-order valence-corrected chi connectivity index (χ0v) is 21.3. The van der Waals surface area contributed by atoms with Gasteiger partial charge in [-0.25, -0.2) is 9.59 Å². The molecule has 6 rings (SSSR count). The Morgan fingerprint density at radius 1 is 1.03 bits per heavy atom. The standard InChI is InChI=1S/C30H26N2O4S/c1-35-28(33)27-21-11-10-20(37-18-30(17-31)12-13-30)14-19(21)15-32(27)29(34)36-16-26-24-8-4-2-6-22(24)23-7-3-5-9-25(23)26/h2-11,14,26-27H,12-13,15-16,18H2,1H3. The number of rotatable bonds is 6. The summed E-state index contributed by atoms with van der Waals surface area (Å²) in [5, 5.41) is 9.37. The van der Waals surface area contributed by atoms with Crippen LogP contribution in [0.1, 0.15) is 47.1 Å². The highest BCUT2D eigenvalue weighted by Gasteiger charge is 2.44. The molecule has 1 amide bonds. The van der Waals surface area contributed by atoms with E-state index in [1.807, 2.05) is 42.5 Å². The molecule has 0 aromatic heterocycles. The van der Waals surface area contributed by atoms with Gasteiger partial charge in [0.1, 0.15) is 6.61 Å². The molecule has 0 saturated heterocycles.